The van der Waals surface area contributed by atoms with Gasteiger partial charge < -0.3 is 10.4 Å². The zero-order valence-corrected chi connectivity index (χ0v) is 10.4. The molecule has 0 bridgehead atoms. The maximum absolute atomic E-state index is 9.81. The molecule has 1 aliphatic rings. The van der Waals surface area contributed by atoms with Crippen molar-refractivity contribution in [2.45, 2.75) is 11.4 Å². The number of hydrogen-bond acceptors (Lipinski definition) is 4. The summed E-state index contributed by atoms with van der Waals surface area (Å²) in [6, 6.07) is 5.84. The molecule has 88 valence electrons. The van der Waals surface area contributed by atoms with E-state index in [2.05, 4.69) is 22.5 Å². The van der Waals surface area contributed by atoms with Crippen LogP contribution >= 0.6 is 11.8 Å². The van der Waals surface area contributed by atoms with Crippen LogP contribution in [0.25, 0.3) is 0 Å². The Morgan fingerprint density at radius 2 is 2.12 bits per heavy atom. The monoisotopic (exact) mass is 238 g/mol. The lowest BCUT2D eigenvalue weighted by molar-refractivity contribution is 0.230. The number of phenolic OH excluding ortho intramolecular Hbond substituents is 1. The van der Waals surface area contributed by atoms with Crippen molar-refractivity contribution >= 4 is 11.8 Å². The average molecular weight is 238 g/mol. The number of benzene rings is 1. The third-order valence-corrected chi connectivity index (χ3v) is 3.62. The van der Waals surface area contributed by atoms with Gasteiger partial charge in [-0.05, 0) is 24.5 Å². The van der Waals surface area contributed by atoms with Crippen molar-refractivity contribution in [3.8, 4) is 5.75 Å². The molecule has 0 saturated carbocycles. The first-order valence-corrected chi connectivity index (χ1v) is 6.81. The Balaban J connectivity index is 2.06. The second-order valence-corrected chi connectivity index (χ2v) is 4.90. The van der Waals surface area contributed by atoms with Crippen molar-refractivity contribution in [3.05, 3.63) is 23.8 Å². The number of piperazine rings is 1. The minimum Gasteiger partial charge on any atom is -0.508 e. The molecule has 0 atom stereocenters. The van der Waals surface area contributed by atoms with Gasteiger partial charge in [-0.3, -0.25) is 4.90 Å². The van der Waals surface area contributed by atoms with Crippen LogP contribution in [0, 0.1) is 0 Å². The van der Waals surface area contributed by atoms with Gasteiger partial charge in [0.1, 0.15) is 5.75 Å². The lowest BCUT2D eigenvalue weighted by Crippen LogP contribution is -2.42. The predicted molar refractivity (Wildman–Crippen MR) is 68.0 cm³/mol. The lowest BCUT2D eigenvalue weighted by Gasteiger charge is -2.27. The van der Waals surface area contributed by atoms with Gasteiger partial charge in [-0.15, -0.1) is 11.8 Å². The van der Waals surface area contributed by atoms with Crippen LogP contribution in [0.15, 0.2) is 23.1 Å². The quantitative estimate of drug-likeness (QED) is 0.783. The Kier molecular flexibility index (Phi) is 4.09. The maximum atomic E-state index is 9.81. The number of thioether (sulfide) groups is 1. The zero-order valence-electron chi connectivity index (χ0n) is 9.57. The van der Waals surface area contributed by atoms with E-state index in [1.54, 1.807) is 17.8 Å². The van der Waals surface area contributed by atoms with Crippen LogP contribution < -0.4 is 5.32 Å². The van der Waals surface area contributed by atoms with Crippen LogP contribution in [0.2, 0.25) is 0 Å². The fourth-order valence-corrected chi connectivity index (χ4v) is 2.39. The van der Waals surface area contributed by atoms with Crippen molar-refractivity contribution in [1.29, 1.82) is 0 Å². The number of aromatic hydroxyl groups is 1. The van der Waals surface area contributed by atoms with E-state index in [4.69, 9.17) is 0 Å². The molecule has 1 saturated heterocycles. The van der Waals surface area contributed by atoms with E-state index in [1.165, 1.54) is 4.90 Å². The first-order chi connectivity index (χ1) is 7.79. The molecular weight excluding hydrogens is 220 g/mol. The largest absolute Gasteiger partial charge is 0.508 e. The van der Waals surface area contributed by atoms with Crippen molar-refractivity contribution in [1.82, 2.24) is 10.2 Å². The van der Waals surface area contributed by atoms with E-state index >= 15 is 0 Å². The Labute approximate surface area is 101 Å². The summed E-state index contributed by atoms with van der Waals surface area (Å²) in [6.45, 7) is 5.06. The Bertz CT molecular complexity index is 351. The summed E-state index contributed by atoms with van der Waals surface area (Å²) >= 11 is 1.71. The topological polar surface area (TPSA) is 35.5 Å². The van der Waals surface area contributed by atoms with Gasteiger partial charge in [-0.2, -0.15) is 0 Å². The van der Waals surface area contributed by atoms with Gasteiger partial charge in [0.2, 0.25) is 0 Å². The van der Waals surface area contributed by atoms with E-state index in [1.807, 2.05) is 6.07 Å². The summed E-state index contributed by atoms with van der Waals surface area (Å²) in [5, 5.41) is 13.1. The molecule has 0 aromatic heterocycles. The molecule has 1 aliphatic heterocycles. The molecule has 3 nitrogen and oxygen atoms in total. The average Bonchev–Trinajstić information content (AvgIpc) is 2.33. The highest BCUT2D eigenvalue weighted by Gasteiger charge is 2.12. The summed E-state index contributed by atoms with van der Waals surface area (Å²) in [4.78, 5) is 3.58. The number of nitrogens with one attached hydrogen (secondary N) is 1. The van der Waals surface area contributed by atoms with Gasteiger partial charge in [0.15, 0.2) is 0 Å². The second kappa shape index (κ2) is 5.57. The molecule has 1 aromatic carbocycles. The Hall–Kier alpha value is -0.710. The van der Waals surface area contributed by atoms with Crippen LogP contribution in [0.5, 0.6) is 5.75 Å². The van der Waals surface area contributed by atoms with Gasteiger partial charge in [-0.1, -0.05) is 0 Å². The molecule has 4 heteroatoms. The highest BCUT2D eigenvalue weighted by Crippen LogP contribution is 2.24. The van der Waals surface area contributed by atoms with Crippen LogP contribution in [-0.4, -0.2) is 42.4 Å². The highest BCUT2D eigenvalue weighted by molar-refractivity contribution is 7.98. The number of rotatable bonds is 3. The van der Waals surface area contributed by atoms with Crippen molar-refractivity contribution in [3.63, 3.8) is 0 Å². The zero-order chi connectivity index (χ0) is 11.4. The molecular formula is C12H18N2OS. The van der Waals surface area contributed by atoms with E-state index in [0.717, 1.165) is 38.3 Å². The van der Waals surface area contributed by atoms with E-state index in [9.17, 15) is 5.11 Å². The van der Waals surface area contributed by atoms with Crippen LogP contribution in [0.1, 0.15) is 5.56 Å². The normalized spacial score (nSPS) is 17.6. The summed E-state index contributed by atoms with van der Waals surface area (Å²) in [5.74, 6) is 0.413. The van der Waals surface area contributed by atoms with Gasteiger partial charge in [-0.25, -0.2) is 0 Å². The number of hydrogen-bond donors (Lipinski definition) is 2. The Morgan fingerprint density at radius 3 is 2.81 bits per heavy atom. The summed E-state index contributed by atoms with van der Waals surface area (Å²) in [7, 11) is 0. The molecule has 0 radical (unpaired) electrons. The maximum Gasteiger partial charge on any atom is 0.120 e. The SMILES string of the molecule is CSc1ccc(O)c(CN2CCNCC2)c1. The molecule has 1 fully saturated rings. The molecule has 0 unspecified atom stereocenters. The van der Waals surface area contributed by atoms with Crippen molar-refractivity contribution in [2.75, 3.05) is 32.4 Å². The fraction of sp³-hybridized carbons (Fsp3) is 0.500. The lowest BCUT2D eigenvalue weighted by atomic mass is 10.2. The molecule has 0 amide bonds. The standard InChI is InChI=1S/C12H18N2OS/c1-16-11-2-3-12(15)10(8-11)9-14-6-4-13-5-7-14/h2-3,8,13,15H,4-7,9H2,1H3. The van der Waals surface area contributed by atoms with E-state index in [0.29, 0.717) is 5.75 Å². The first-order valence-electron chi connectivity index (χ1n) is 5.58. The van der Waals surface area contributed by atoms with Crippen LogP contribution in [0.4, 0.5) is 0 Å². The second-order valence-electron chi connectivity index (χ2n) is 4.02. The molecule has 0 spiro atoms. The van der Waals surface area contributed by atoms with Crippen LogP contribution in [0.3, 0.4) is 0 Å². The third kappa shape index (κ3) is 2.90. The molecule has 16 heavy (non-hydrogen) atoms. The summed E-state index contributed by atoms with van der Waals surface area (Å²) in [6.07, 6.45) is 2.06. The van der Waals surface area contributed by atoms with Gasteiger partial charge in [0.25, 0.3) is 0 Å². The van der Waals surface area contributed by atoms with Crippen molar-refractivity contribution < 1.29 is 5.11 Å². The smallest absolute Gasteiger partial charge is 0.120 e. The first kappa shape index (κ1) is 11.8. The fourth-order valence-electron chi connectivity index (χ4n) is 1.93. The number of phenols is 1. The highest BCUT2D eigenvalue weighted by atomic mass is 32.2. The van der Waals surface area contributed by atoms with E-state index in [-0.39, 0.29) is 0 Å². The molecule has 2 N–H and O–H groups in total. The molecule has 2 rings (SSSR count). The summed E-state index contributed by atoms with van der Waals surface area (Å²) in [5.41, 5.74) is 1.04. The third-order valence-electron chi connectivity index (χ3n) is 2.89. The van der Waals surface area contributed by atoms with Gasteiger partial charge >= 0.3 is 0 Å². The van der Waals surface area contributed by atoms with E-state index < -0.39 is 0 Å². The molecule has 0 aliphatic carbocycles. The minimum absolute atomic E-state index is 0.413. The van der Waals surface area contributed by atoms with Gasteiger partial charge in [0.05, 0.1) is 0 Å². The minimum atomic E-state index is 0.413. The Morgan fingerprint density at radius 1 is 1.38 bits per heavy atom. The molecule has 1 aromatic rings. The van der Waals surface area contributed by atoms with Crippen molar-refractivity contribution in [2.24, 2.45) is 0 Å². The van der Waals surface area contributed by atoms with Crippen LogP contribution in [-0.2, 0) is 6.54 Å². The molecule has 1 heterocycles. The summed E-state index contributed by atoms with van der Waals surface area (Å²) < 4.78 is 0. The van der Waals surface area contributed by atoms with Gasteiger partial charge in [0, 0.05) is 43.2 Å². The predicted octanol–water partition coefficient (Wildman–Crippen LogP) is 1.52. The number of nitrogens with zero attached hydrogens (tertiary/aromatic N) is 1.